The second kappa shape index (κ2) is 7.36. The Labute approximate surface area is 130 Å². The predicted octanol–water partition coefficient (Wildman–Crippen LogP) is 3.59. The van der Waals surface area contributed by atoms with Crippen LogP contribution >= 0.6 is 0 Å². The molecule has 0 unspecified atom stereocenters. The van der Waals surface area contributed by atoms with Crippen molar-refractivity contribution in [2.75, 3.05) is 24.8 Å². The summed E-state index contributed by atoms with van der Waals surface area (Å²) in [6.45, 7) is 2.36. The van der Waals surface area contributed by atoms with Gasteiger partial charge in [0.1, 0.15) is 5.75 Å². The smallest absolute Gasteiger partial charge is 0.338 e. The van der Waals surface area contributed by atoms with Crippen LogP contribution in [0.15, 0.2) is 42.5 Å². The van der Waals surface area contributed by atoms with Crippen LogP contribution in [0.25, 0.3) is 0 Å². The van der Waals surface area contributed by atoms with Crippen LogP contribution < -0.4 is 15.8 Å². The Morgan fingerprint density at radius 1 is 1.18 bits per heavy atom. The van der Waals surface area contributed by atoms with E-state index in [1.165, 1.54) is 0 Å². The number of nitrogen functional groups attached to an aromatic ring is 1. The maximum atomic E-state index is 11.8. The third kappa shape index (κ3) is 3.91. The Hall–Kier alpha value is -2.69. The predicted molar refractivity (Wildman–Crippen MR) is 87.7 cm³/mol. The average Bonchev–Trinajstić information content (AvgIpc) is 2.55. The molecule has 0 bridgehead atoms. The number of esters is 1. The van der Waals surface area contributed by atoms with Crippen molar-refractivity contribution in [3.05, 3.63) is 48.0 Å². The molecule has 0 aromatic heterocycles. The fourth-order valence-electron chi connectivity index (χ4n) is 1.91. The van der Waals surface area contributed by atoms with Crippen LogP contribution in [0.3, 0.4) is 0 Å². The van der Waals surface area contributed by atoms with E-state index in [4.69, 9.17) is 15.2 Å². The Morgan fingerprint density at radius 2 is 1.91 bits per heavy atom. The molecule has 3 N–H and O–H groups in total. The van der Waals surface area contributed by atoms with Gasteiger partial charge in [0.05, 0.1) is 30.7 Å². The fourth-order valence-corrected chi connectivity index (χ4v) is 1.91. The summed E-state index contributed by atoms with van der Waals surface area (Å²) in [5, 5.41) is 3.20. The number of hydrogen-bond donors (Lipinski definition) is 2. The van der Waals surface area contributed by atoms with E-state index in [0.29, 0.717) is 17.9 Å². The van der Waals surface area contributed by atoms with Gasteiger partial charge in [-0.25, -0.2) is 4.79 Å². The lowest BCUT2D eigenvalue weighted by Gasteiger charge is -2.11. The van der Waals surface area contributed by atoms with Gasteiger partial charge in [-0.3, -0.25) is 0 Å². The van der Waals surface area contributed by atoms with Gasteiger partial charge in [0.15, 0.2) is 0 Å². The zero-order valence-corrected chi connectivity index (χ0v) is 12.8. The molecule has 2 rings (SSSR count). The van der Waals surface area contributed by atoms with E-state index in [1.54, 1.807) is 25.3 Å². The van der Waals surface area contributed by atoms with Crippen molar-refractivity contribution >= 4 is 23.0 Å². The van der Waals surface area contributed by atoms with Gasteiger partial charge in [-0.05, 0) is 48.9 Å². The highest BCUT2D eigenvalue weighted by molar-refractivity contribution is 5.92. The lowest BCUT2D eigenvalue weighted by molar-refractivity contribution is 0.0505. The summed E-state index contributed by atoms with van der Waals surface area (Å²) in [6.07, 6.45) is 0.790. The molecular weight excluding hydrogens is 280 g/mol. The first-order valence-corrected chi connectivity index (χ1v) is 7.11. The largest absolute Gasteiger partial charge is 0.497 e. The van der Waals surface area contributed by atoms with Crippen LogP contribution in [0.2, 0.25) is 0 Å². The minimum absolute atomic E-state index is 0.357. The molecule has 0 aliphatic carbocycles. The highest BCUT2D eigenvalue weighted by Crippen LogP contribution is 2.25. The number of nitrogens with one attached hydrogen (secondary N) is 1. The molecule has 0 saturated heterocycles. The zero-order chi connectivity index (χ0) is 15.9. The molecule has 0 aliphatic rings. The molecule has 116 valence electrons. The molecule has 0 spiro atoms. The lowest BCUT2D eigenvalue weighted by atomic mass is 10.1. The van der Waals surface area contributed by atoms with Crippen molar-refractivity contribution in [3.63, 3.8) is 0 Å². The van der Waals surface area contributed by atoms with Gasteiger partial charge >= 0.3 is 5.97 Å². The summed E-state index contributed by atoms with van der Waals surface area (Å²) in [6, 6.07) is 12.6. The van der Waals surface area contributed by atoms with E-state index in [2.05, 4.69) is 5.32 Å². The summed E-state index contributed by atoms with van der Waals surface area (Å²) in [7, 11) is 1.62. The summed E-state index contributed by atoms with van der Waals surface area (Å²) in [4.78, 5) is 11.8. The van der Waals surface area contributed by atoms with Crippen molar-refractivity contribution < 1.29 is 14.3 Å². The molecule has 0 atom stereocenters. The van der Waals surface area contributed by atoms with Gasteiger partial charge < -0.3 is 20.5 Å². The first-order chi connectivity index (χ1) is 10.6. The van der Waals surface area contributed by atoms with E-state index in [-0.39, 0.29) is 5.97 Å². The van der Waals surface area contributed by atoms with Crippen molar-refractivity contribution in [2.45, 2.75) is 13.3 Å². The maximum absolute atomic E-state index is 11.8. The third-order valence-electron chi connectivity index (χ3n) is 3.09. The van der Waals surface area contributed by atoms with Crippen LogP contribution in [0.5, 0.6) is 5.75 Å². The Kier molecular flexibility index (Phi) is 5.25. The van der Waals surface area contributed by atoms with Crippen LogP contribution in [0.4, 0.5) is 17.1 Å². The van der Waals surface area contributed by atoms with E-state index in [1.807, 2.05) is 31.2 Å². The minimum Gasteiger partial charge on any atom is -0.497 e. The molecule has 22 heavy (non-hydrogen) atoms. The molecule has 2 aromatic carbocycles. The molecule has 5 heteroatoms. The van der Waals surface area contributed by atoms with E-state index in [9.17, 15) is 4.79 Å². The summed E-state index contributed by atoms with van der Waals surface area (Å²) in [5.41, 5.74) is 8.55. The monoisotopic (exact) mass is 300 g/mol. The highest BCUT2D eigenvalue weighted by atomic mass is 16.5. The normalized spacial score (nSPS) is 10.1. The highest BCUT2D eigenvalue weighted by Gasteiger charge is 2.09. The number of anilines is 3. The molecule has 0 radical (unpaired) electrons. The average molecular weight is 300 g/mol. The van der Waals surface area contributed by atoms with Gasteiger partial charge in [-0.15, -0.1) is 0 Å². The number of ether oxygens (including phenoxy) is 2. The van der Waals surface area contributed by atoms with Gasteiger partial charge in [0, 0.05) is 5.69 Å². The zero-order valence-electron chi connectivity index (χ0n) is 12.8. The molecular formula is C17H20N2O3. The second-order valence-electron chi connectivity index (χ2n) is 4.79. The number of carbonyl (C=O) groups excluding carboxylic acids is 1. The molecule has 0 heterocycles. The first kappa shape index (κ1) is 15.7. The Balaban J connectivity index is 2.10. The van der Waals surface area contributed by atoms with E-state index in [0.717, 1.165) is 23.5 Å². The number of methoxy groups -OCH3 is 1. The van der Waals surface area contributed by atoms with Crippen molar-refractivity contribution in [1.29, 1.82) is 0 Å². The van der Waals surface area contributed by atoms with Gasteiger partial charge in [-0.2, -0.15) is 0 Å². The standard InChI is InChI=1S/C17H20N2O3/c1-3-10-22-17(20)12-4-9-16(15(18)11-12)19-13-5-7-14(21-2)8-6-13/h4-9,11,19H,3,10,18H2,1-2H3. The molecule has 5 nitrogen and oxygen atoms in total. The Morgan fingerprint density at radius 3 is 2.50 bits per heavy atom. The van der Waals surface area contributed by atoms with E-state index >= 15 is 0 Å². The van der Waals surface area contributed by atoms with Gasteiger partial charge in [0.2, 0.25) is 0 Å². The lowest BCUT2D eigenvalue weighted by Crippen LogP contribution is -2.07. The number of nitrogens with two attached hydrogens (primary N) is 1. The topological polar surface area (TPSA) is 73.6 Å². The van der Waals surface area contributed by atoms with Crippen molar-refractivity contribution in [2.24, 2.45) is 0 Å². The molecule has 0 saturated carbocycles. The SMILES string of the molecule is CCCOC(=O)c1ccc(Nc2ccc(OC)cc2)c(N)c1. The molecule has 0 aliphatic heterocycles. The fraction of sp³-hybridized carbons (Fsp3) is 0.235. The molecule has 0 amide bonds. The van der Waals surface area contributed by atoms with Gasteiger partial charge in [0.25, 0.3) is 0 Å². The summed E-state index contributed by atoms with van der Waals surface area (Å²) < 4.78 is 10.2. The quantitative estimate of drug-likeness (QED) is 0.630. The third-order valence-corrected chi connectivity index (χ3v) is 3.09. The molecule has 0 fully saturated rings. The van der Waals surface area contributed by atoms with E-state index < -0.39 is 0 Å². The second-order valence-corrected chi connectivity index (χ2v) is 4.79. The van der Waals surface area contributed by atoms with Crippen LogP contribution in [0.1, 0.15) is 23.7 Å². The Bertz CT molecular complexity index is 639. The number of hydrogen-bond acceptors (Lipinski definition) is 5. The van der Waals surface area contributed by atoms with Crippen LogP contribution in [-0.2, 0) is 4.74 Å². The van der Waals surface area contributed by atoms with Crippen molar-refractivity contribution in [3.8, 4) is 5.75 Å². The molecule has 2 aromatic rings. The van der Waals surface area contributed by atoms with Gasteiger partial charge in [-0.1, -0.05) is 6.92 Å². The van der Waals surface area contributed by atoms with Crippen molar-refractivity contribution in [1.82, 2.24) is 0 Å². The van der Waals surface area contributed by atoms with Crippen LogP contribution in [0, 0.1) is 0 Å². The van der Waals surface area contributed by atoms with Crippen LogP contribution in [-0.4, -0.2) is 19.7 Å². The minimum atomic E-state index is -0.357. The first-order valence-electron chi connectivity index (χ1n) is 7.11. The summed E-state index contributed by atoms with van der Waals surface area (Å²) in [5.74, 6) is 0.428. The number of carbonyl (C=O) groups is 1. The maximum Gasteiger partial charge on any atom is 0.338 e. The summed E-state index contributed by atoms with van der Waals surface area (Å²) >= 11 is 0. The number of rotatable bonds is 6. The number of benzene rings is 2.